The lowest BCUT2D eigenvalue weighted by Crippen LogP contribution is -2.52. The number of carbonyl (C=O) groups is 2. The number of carbonyl (C=O) groups excluding carboxylic acids is 2. The number of rotatable bonds is 6. The molecule has 6 heteroatoms. The van der Waals surface area contributed by atoms with Crippen LogP contribution in [0.15, 0.2) is 41.8 Å². The molecule has 30 heavy (non-hydrogen) atoms. The molecule has 3 rings (SSSR count). The summed E-state index contributed by atoms with van der Waals surface area (Å²) in [4.78, 5) is 31.3. The van der Waals surface area contributed by atoms with Gasteiger partial charge in [0, 0.05) is 23.5 Å². The van der Waals surface area contributed by atoms with Gasteiger partial charge in [-0.3, -0.25) is 4.79 Å². The molecule has 2 heterocycles. The molecule has 2 aromatic rings. The average molecular weight is 428 g/mol. The smallest absolute Gasteiger partial charge is 0.318 e. The zero-order valence-electron chi connectivity index (χ0n) is 18.5. The van der Waals surface area contributed by atoms with Gasteiger partial charge in [0.25, 0.3) is 0 Å². The van der Waals surface area contributed by atoms with Crippen LogP contribution in [-0.2, 0) is 11.2 Å². The topological polar surface area (TPSA) is 52.7 Å². The molecule has 162 valence electrons. The highest BCUT2D eigenvalue weighted by molar-refractivity contribution is 7.10. The van der Waals surface area contributed by atoms with Crippen molar-refractivity contribution in [2.24, 2.45) is 0 Å². The van der Waals surface area contributed by atoms with Gasteiger partial charge in [-0.05, 0) is 56.2 Å². The molecule has 1 aromatic heterocycles. The third kappa shape index (κ3) is 5.42. The van der Waals surface area contributed by atoms with Crippen molar-refractivity contribution in [3.63, 3.8) is 0 Å². The fourth-order valence-electron chi connectivity index (χ4n) is 3.84. The molecule has 0 spiro atoms. The molecule has 0 fully saturated rings. The molecule has 0 saturated carbocycles. The number of nitrogens with zero attached hydrogens (tertiary/aromatic N) is 2. The quantitative estimate of drug-likeness (QED) is 0.718. The lowest BCUT2D eigenvalue weighted by molar-refractivity contribution is -0.134. The van der Waals surface area contributed by atoms with Gasteiger partial charge in [0.15, 0.2) is 0 Å². The van der Waals surface area contributed by atoms with Crippen molar-refractivity contribution in [2.45, 2.75) is 58.5 Å². The van der Waals surface area contributed by atoms with E-state index in [9.17, 15) is 9.59 Å². The Morgan fingerprint density at radius 2 is 1.93 bits per heavy atom. The molecular formula is C24H33N3O2S. The number of fused-ring (bicyclic) bond motifs is 1. The number of hydrogen-bond donors (Lipinski definition) is 1. The van der Waals surface area contributed by atoms with E-state index in [0.717, 1.165) is 24.8 Å². The predicted octanol–water partition coefficient (Wildman–Crippen LogP) is 4.83. The Balaban J connectivity index is 1.83. The molecule has 3 amide bonds. The fraction of sp³-hybridized carbons (Fsp3) is 0.500. The van der Waals surface area contributed by atoms with Gasteiger partial charge in [-0.15, -0.1) is 11.3 Å². The molecule has 0 unspecified atom stereocenters. The van der Waals surface area contributed by atoms with Crippen molar-refractivity contribution in [3.8, 4) is 0 Å². The average Bonchev–Trinajstić information content (AvgIpc) is 3.18. The molecule has 0 radical (unpaired) electrons. The van der Waals surface area contributed by atoms with E-state index < -0.39 is 0 Å². The molecule has 0 saturated heterocycles. The van der Waals surface area contributed by atoms with Gasteiger partial charge >= 0.3 is 6.03 Å². The molecule has 1 aromatic carbocycles. The van der Waals surface area contributed by atoms with Crippen LogP contribution in [0.1, 0.15) is 62.6 Å². The van der Waals surface area contributed by atoms with Crippen LogP contribution in [0.25, 0.3) is 0 Å². The maximum absolute atomic E-state index is 13.5. The fourth-order valence-corrected chi connectivity index (χ4v) is 4.74. The summed E-state index contributed by atoms with van der Waals surface area (Å²) < 4.78 is 0. The molecule has 0 aliphatic carbocycles. The Bertz CT molecular complexity index is 857. The third-order valence-electron chi connectivity index (χ3n) is 5.28. The van der Waals surface area contributed by atoms with Gasteiger partial charge in [0.1, 0.15) is 6.54 Å². The zero-order valence-corrected chi connectivity index (χ0v) is 19.3. The van der Waals surface area contributed by atoms with Crippen LogP contribution in [0, 0.1) is 0 Å². The summed E-state index contributed by atoms with van der Waals surface area (Å²) in [5, 5.41) is 5.12. The summed E-state index contributed by atoms with van der Waals surface area (Å²) in [7, 11) is 0. The van der Waals surface area contributed by atoms with Gasteiger partial charge in [0.05, 0.1) is 6.04 Å². The Labute approximate surface area is 184 Å². The Kier molecular flexibility index (Phi) is 7.19. The second kappa shape index (κ2) is 9.65. The molecule has 1 aliphatic heterocycles. The number of thiophene rings is 1. The molecule has 0 bridgehead atoms. The normalized spacial score (nSPS) is 16.1. The number of urea groups is 1. The van der Waals surface area contributed by atoms with E-state index in [4.69, 9.17) is 0 Å². The van der Waals surface area contributed by atoms with Gasteiger partial charge in [-0.2, -0.15) is 0 Å². The molecule has 1 N–H and O–H groups in total. The highest BCUT2D eigenvalue weighted by atomic mass is 32.1. The van der Waals surface area contributed by atoms with Crippen molar-refractivity contribution < 1.29 is 9.59 Å². The number of amides is 3. The SMILES string of the molecule is CCCCN(CC(=O)N1CCc2sccc2[C@@H]1c1ccccc1)C(=O)NC(C)(C)C. The minimum Gasteiger partial charge on any atom is -0.333 e. The van der Waals surface area contributed by atoms with Gasteiger partial charge in [-0.25, -0.2) is 4.79 Å². The molecule has 1 aliphatic rings. The second-order valence-corrected chi connectivity index (χ2v) is 9.91. The number of nitrogens with one attached hydrogen (secondary N) is 1. The van der Waals surface area contributed by atoms with Crippen LogP contribution in [0.2, 0.25) is 0 Å². The van der Waals surface area contributed by atoms with E-state index in [2.05, 4.69) is 35.8 Å². The first kappa shape index (κ1) is 22.3. The van der Waals surface area contributed by atoms with Crippen LogP contribution in [0.4, 0.5) is 4.79 Å². The van der Waals surface area contributed by atoms with Gasteiger partial charge < -0.3 is 15.1 Å². The number of benzene rings is 1. The lowest BCUT2D eigenvalue weighted by Gasteiger charge is -2.38. The Morgan fingerprint density at radius 1 is 1.20 bits per heavy atom. The first-order chi connectivity index (χ1) is 14.3. The van der Waals surface area contributed by atoms with Crippen molar-refractivity contribution in [3.05, 3.63) is 57.8 Å². The second-order valence-electron chi connectivity index (χ2n) is 8.90. The summed E-state index contributed by atoms with van der Waals surface area (Å²) in [6.45, 7) is 9.32. The van der Waals surface area contributed by atoms with E-state index >= 15 is 0 Å². The van der Waals surface area contributed by atoms with E-state index in [1.54, 1.807) is 16.2 Å². The first-order valence-corrected chi connectivity index (χ1v) is 11.7. The van der Waals surface area contributed by atoms with E-state index in [0.29, 0.717) is 13.1 Å². The van der Waals surface area contributed by atoms with Crippen LogP contribution in [0.5, 0.6) is 0 Å². The maximum atomic E-state index is 13.5. The van der Waals surface area contributed by atoms with Crippen molar-refractivity contribution in [1.29, 1.82) is 0 Å². The Morgan fingerprint density at radius 3 is 2.60 bits per heavy atom. The maximum Gasteiger partial charge on any atom is 0.318 e. The van der Waals surface area contributed by atoms with Crippen LogP contribution in [-0.4, -0.2) is 46.9 Å². The zero-order chi connectivity index (χ0) is 21.7. The van der Waals surface area contributed by atoms with Crippen LogP contribution < -0.4 is 5.32 Å². The largest absolute Gasteiger partial charge is 0.333 e. The monoisotopic (exact) mass is 427 g/mol. The van der Waals surface area contributed by atoms with Gasteiger partial charge in [0.2, 0.25) is 5.91 Å². The summed E-state index contributed by atoms with van der Waals surface area (Å²) in [6.07, 6.45) is 2.72. The highest BCUT2D eigenvalue weighted by Crippen LogP contribution is 2.37. The van der Waals surface area contributed by atoms with Gasteiger partial charge in [-0.1, -0.05) is 43.7 Å². The number of hydrogen-bond acceptors (Lipinski definition) is 3. The lowest BCUT2D eigenvalue weighted by atomic mass is 9.93. The van der Waals surface area contributed by atoms with Crippen LogP contribution >= 0.6 is 11.3 Å². The first-order valence-electron chi connectivity index (χ1n) is 10.8. The minimum atomic E-state index is -0.339. The standard InChI is InChI=1S/C24H33N3O2S/c1-5-6-14-26(23(29)25-24(2,3)4)17-21(28)27-15-12-20-19(13-16-30-20)22(27)18-10-8-7-9-11-18/h7-11,13,16,22H,5-6,12,14-15,17H2,1-4H3,(H,25,29)/t22-/m0/s1. The Hall–Kier alpha value is -2.34. The summed E-state index contributed by atoms with van der Waals surface area (Å²) in [6, 6.07) is 12.1. The summed E-state index contributed by atoms with van der Waals surface area (Å²) in [5.74, 6) is 0.000801. The van der Waals surface area contributed by atoms with Crippen molar-refractivity contribution >= 4 is 23.3 Å². The molecular weight excluding hydrogens is 394 g/mol. The predicted molar refractivity (Wildman–Crippen MR) is 123 cm³/mol. The van der Waals surface area contributed by atoms with E-state index in [1.807, 2.05) is 43.9 Å². The van der Waals surface area contributed by atoms with Crippen molar-refractivity contribution in [1.82, 2.24) is 15.1 Å². The summed E-state index contributed by atoms with van der Waals surface area (Å²) in [5.41, 5.74) is 1.99. The highest BCUT2D eigenvalue weighted by Gasteiger charge is 2.34. The van der Waals surface area contributed by atoms with Crippen molar-refractivity contribution in [2.75, 3.05) is 19.6 Å². The minimum absolute atomic E-state index is 0.000801. The third-order valence-corrected chi connectivity index (χ3v) is 6.27. The van der Waals surface area contributed by atoms with E-state index in [-0.39, 0.29) is 30.1 Å². The number of unbranched alkanes of at least 4 members (excludes halogenated alkanes) is 1. The van der Waals surface area contributed by atoms with Crippen LogP contribution in [0.3, 0.4) is 0 Å². The molecule has 1 atom stereocenters. The molecule has 5 nitrogen and oxygen atoms in total. The summed E-state index contributed by atoms with van der Waals surface area (Å²) >= 11 is 1.76. The van der Waals surface area contributed by atoms with E-state index in [1.165, 1.54) is 10.4 Å².